The molecule has 1 unspecified atom stereocenters. The fourth-order valence-corrected chi connectivity index (χ4v) is 2.68. The summed E-state index contributed by atoms with van der Waals surface area (Å²) in [5.41, 5.74) is 0. The van der Waals surface area contributed by atoms with E-state index in [9.17, 15) is 13.2 Å². The number of carbonyl (C=O) groups is 1. The first-order valence-corrected chi connectivity index (χ1v) is 7.23. The van der Waals surface area contributed by atoms with Crippen LogP contribution in [0.15, 0.2) is 35.2 Å². The van der Waals surface area contributed by atoms with Gasteiger partial charge in [-0.1, -0.05) is 25.1 Å². The lowest BCUT2D eigenvalue weighted by molar-refractivity contribution is -0.145. The largest absolute Gasteiger partial charge is 0.465 e. The zero-order chi connectivity index (χ0) is 13.6. The lowest BCUT2D eigenvalue weighted by atomic mass is 10.2. The molecule has 1 rings (SSSR count). The van der Waals surface area contributed by atoms with Gasteiger partial charge in [-0.3, -0.25) is 4.79 Å². The molecule has 1 N–H and O–H groups in total. The van der Waals surface area contributed by atoms with Crippen LogP contribution in [0.3, 0.4) is 0 Å². The van der Waals surface area contributed by atoms with Crippen molar-refractivity contribution in [1.29, 1.82) is 0 Å². The first kappa shape index (κ1) is 14.7. The first-order chi connectivity index (χ1) is 8.51. The fourth-order valence-electron chi connectivity index (χ4n) is 1.40. The Hall–Kier alpha value is -1.40. The third kappa shape index (κ3) is 3.82. The number of hydrogen-bond acceptors (Lipinski definition) is 4. The normalized spacial score (nSPS) is 13.0. The molecule has 1 aromatic carbocycles. The highest BCUT2D eigenvalue weighted by atomic mass is 32.2. The number of sulfonamides is 1. The Labute approximate surface area is 107 Å². The summed E-state index contributed by atoms with van der Waals surface area (Å²) < 4.78 is 31.1. The molecule has 6 heteroatoms. The molecule has 0 fully saturated rings. The third-order valence-corrected chi connectivity index (χ3v) is 3.82. The van der Waals surface area contributed by atoms with E-state index in [0.29, 0.717) is 6.42 Å². The second-order valence-corrected chi connectivity index (χ2v) is 5.36. The second-order valence-electron chi connectivity index (χ2n) is 3.65. The van der Waals surface area contributed by atoms with Gasteiger partial charge < -0.3 is 4.74 Å². The average Bonchev–Trinajstić information content (AvgIpc) is 2.37. The summed E-state index contributed by atoms with van der Waals surface area (Å²) >= 11 is 0. The number of hydrogen-bond donors (Lipinski definition) is 1. The second kappa shape index (κ2) is 6.51. The molecule has 18 heavy (non-hydrogen) atoms. The Morgan fingerprint density at radius 1 is 1.28 bits per heavy atom. The minimum absolute atomic E-state index is 0.132. The Kier molecular flexibility index (Phi) is 5.30. The quantitative estimate of drug-likeness (QED) is 0.792. The zero-order valence-electron chi connectivity index (χ0n) is 10.4. The molecular weight excluding hydrogens is 254 g/mol. The van der Waals surface area contributed by atoms with Gasteiger partial charge in [-0.25, -0.2) is 8.42 Å². The summed E-state index contributed by atoms with van der Waals surface area (Å²) in [4.78, 5) is 11.7. The van der Waals surface area contributed by atoms with Crippen LogP contribution in [0.25, 0.3) is 0 Å². The van der Waals surface area contributed by atoms with E-state index in [1.165, 1.54) is 12.1 Å². The maximum absolute atomic E-state index is 12.0. The van der Waals surface area contributed by atoms with Gasteiger partial charge in [0.05, 0.1) is 11.5 Å². The standard InChI is InChI=1S/C12H17NO4S/c1-3-11(12(14)17-4-2)13-18(15,16)10-8-6-5-7-9-10/h5-9,11,13H,3-4H2,1-2H3. The smallest absolute Gasteiger partial charge is 0.324 e. The number of ether oxygens (including phenoxy) is 1. The Morgan fingerprint density at radius 3 is 2.39 bits per heavy atom. The summed E-state index contributed by atoms with van der Waals surface area (Å²) in [5.74, 6) is -0.556. The van der Waals surface area contributed by atoms with E-state index in [1.807, 2.05) is 0 Å². The van der Waals surface area contributed by atoms with Crippen LogP contribution in [0, 0.1) is 0 Å². The predicted molar refractivity (Wildman–Crippen MR) is 67.5 cm³/mol. The van der Waals surface area contributed by atoms with Gasteiger partial charge in [0.15, 0.2) is 0 Å². The molecule has 0 heterocycles. The highest BCUT2D eigenvalue weighted by Gasteiger charge is 2.24. The van der Waals surface area contributed by atoms with Gasteiger partial charge in [0.2, 0.25) is 10.0 Å². The SMILES string of the molecule is CCOC(=O)C(CC)NS(=O)(=O)c1ccccc1. The van der Waals surface area contributed by atoms with Crippen LogP contribution in [0.4, 0.5) is 0 Å². The Morgan fingerprint density at radius 2 is 1.89 bits per heavy atom. The lowest BCUT2D eigenvalue weighted by Crippen LogP contribution is -2.41. The highest BCUT2D eigenvalue weighted by molar-refractivity contribution is 7.89. The number of esters is 1. The number of rotatable bonds is 6. The van der Waals surface area contributed by atoms with Crippen LogP contribution in [0.5, 0.6) is 0 Å². The van der Waals surface area contributed by atoms with E-state index in [2.05, 4.69) is 4.72 Å². The molecule has 1 aromatic rings. The molecule has 0 saturated heterocycles. The van der Waals surface area contributed by atoms with Crippen LogP contribution in [-0.2, 0) is 19.6 Å². The number of carbonyl (C=O) groups excluding carboxylic acids is 1. The minimum Gasteiger partial charge on any atom is -0.465 e. The van der Waals surface area contributed by atoms with Crippen molar-refractivity contribution in [3.63, 3.8) is 0 Å². The van der Waals surface area contributed by atoms with E-state index in [0.717, 1.165) is 0 Å². The number of nitrogens with one attached hydrogen (secondary N) is 1. The molecule has 5 nitrogen and oxygen atoms in total. The van der Waals surface area contributed by atoms with Gasteiger partial charge >= 0.3 is 5.97 Å². The predicted octanol–water partition coefficient (Wildman–Crippen LogP) is 1.31. The molecule has 0 radical (unpaired) electrons. The molecule has 0 aliphatic carbocycles. The lowest BCUT2D eigenvalue weighted by Gasteiger charge is -2.15. The molecular formula is C12H17NO4S. The van der Waals surface area contributed by atoms with Crippen molar-refractivity contribution in [2.24, 2.45) is 0 Å². The minimum atomic E-state index is -3.69. The highest BCUT2D eigenvalue weighted by Crippen LogP contribution is 2.09. The first-order valence-electron chi connectivity index (χ1n) is 5.75. The van der Waals surface area contributed by atoms with E-state index >= 15 is 0 Å². The van der Waals surface area contributed by atoms with Crippen molar-refractivity contribution in [3.8, 4) is 0 Å². The monoisotopic (exact) mass is 271 g/mol. The topological polar surface area (TPSA) is 72.5 Å². The van der Waals surface area contributed by atoms with Gasteiger partial charge in [-0.05, 0) is 25.5 Å². The zero-order valence-corrected chi connectivity index (χ0v) is 11.2. The van der Waals surface area contributed by atoms with E-state index in [4.69, 9.17) is 4.74 Å². The van der Waals surface area contributed by atoms with Crippen molar-refractivity contribution in [3.05, 3.63) is 30.3 Å². The van der Waals surface area contributed by atoms with Crippen LogP contribution >= 0.6 is 0 Å². The fraction of sp³-hybridized carbons (Fsp3) is 0.417. The van der Waals surface area contributed by atoms with E-state index < -0.39 is 22.0 Å². The van der Waals surface area contributed by atoms with Crippen molar-refractivity contribution in [2.45, 2.75) is 31.2 Å². The maximum Gasteiger partial charge on any atom is 0.324 e. The van der Waals surface area contributed by atoms with E-state index in [-0.39, 0.29) is 11.5 Å². The molecule has 1 atom stereocenters. The van der Waals surface area contributed by atoms with Crippen molar-refractivity contribution in [1.82, 2.24) is 4.72 Å². The van der Waals surface area contributed by atoms with Crippen LogP contribution in [0.1, 0.15) is 20.3 Å². The summed E-state index contributed by atoms with van der Waals surface area (Å²) in [6.07, 6.45) is 0.338. The molecule has 0 bridgehead atoms. The number of benzene rings is 1. The summed E-state index contributed by atoms with van der Waals surface area (Å²) in [6, 6.07) is 7.07. The Bertz CT molecular complexity index is 484. The summed E-state index contributed by atoms with van der Waals surface area (Å²) in [5, 5.41) is 0. The molecule has 0 amide bonds. The van der Waals surface area contributed by atoms with Crippen molar-refractivity contribution in [2.75, 3.05) is 6.61 Å². The van der Waals surface area contributed by atoms with Gasteiger partial charge in [-0.2, -0.15) is 4.72 Å². The molecule has 0 spiro atoms. The summed E-state index contributed by atoms with van der Waals surface area (Å²) in [7, 11) is -3.69. The Balaban J connectivity index is 2.85. The van der Waals surface area contributed by atoms with Crippen LogP contribution in [-0.4, -0.2) is 27.0 Å². The van der Waals surface area contributed by atoms with Crippen LogP contribution < -0.4 is 4.72 Å². The van der Waals surface area contributed by atoms with Crippen molar-refractivity contribution < 1.29 is 17.9 Å². The molecule has 100 valence electrons. The van der Waals surface area contributed by atoms with E-state index in [1.54, 1.807) is 32.0 Å². The molecule has 0 aromatic heterocycles. The molecule has 0 aliphatic rings. The molecule has 0 saturated carbocycles. The van der Waals surface area contributed by atoms with Gasteiger partial charge in [0.1, 0.15) is 6.04 Å². The average molecular weight is 271 g/mol. The maximum atomic E-state index is 12.0. The van der Waals surface area contributed by atoms with Gasteiger partial charge in [0, 0.05) is 0 Å². The van der Waals surface area contributed by atoms with Crippen molar-refractivity contribution >= 4 is 16.0 Å². The van der Waals surface area contributed by atoms with Crippen LogP contribution in [0.2, 0.25) is 0 Å². The molecule has 0 aliphatic heterocycles. The van der Waals surface area contributed by atoms with Gasteiger partial charge in [0.25, 0.3) is 0 Å². The summed E-state index contributed by atoms with van der Waals surface area (Å²) in [6.45, 7) is 3.62. The van der Waals surface area contributed by atoms with Gasteiger partial charge in [-0.15, -0.1) is 0 Å². The third-order valence-electron chi connectivity index (χ3n) is 2.33.